The van der Waals surface area contributed by atoms with E-state index in [1.807, 2.05) is 18.2 Å². The molecule has 0 saturated carbocycles. The molecule has 1 amide bonds. The van der Waals surface area contributed by atoms with Gasteiger partial charge in [-0.25, -0.2) is 0 Å². The minimum Gasteiger partial charge on any atom is -0.481 e. The van der Waals surface area contributed by atoms with E-state index in [9.17, 15) is 4.79 Å². The number of ether oxygens (including phenoxy) is 2. The van der Waals surface area contributed by atoms with Crippen LogP contribution in [0.1, 0.15) is 6.92 Å². The fourth-order valence-corrected chi connectivity index (χ4v) is 1.70. The topological polar surface area (TPSA) is 60.5 Å². The molecule has 0 aliphatic rings. The lowest BCUT2D eigenvalue weighted by Gasteiger charge is -2.13. The first kappa shape index (κ1) is 16.4. The molecule has 0 bridgehead atoms. The highest BCUT2D eigenvalue weighted by Gasteiger charge is 2.13. The Bertz CT molecular complexity index is 663. The maximum Gasteiger partial charge on any atom is 0.261 e. The summed E-state index contributed by atoms with van der Waals surface area (Å²) in [6.45, 7) is 2.19. The molecular weight excluding hydrogens is 292 g/mol. The number of benzene rings is 1. The van der Waals surface area contributed by atoms with Crippen LogP contribution in [0.3, 0.4) is 0 Å². The summed E-state index contributed by atoms with van der Waals surface area (Å²) in [5.41, 5.74) is 0. The van der Waals surface area contributed by atoms with Crippen LogP contribution in [0.2, 0.25) is 0 Å². The van der Waals surface area contributed by atoms with Gasteiger partial charge in [-0.3, -0.25) is 9.78 Å². The Kier molecular flexibility index (Phi) is 6.48. The van der Waals surface area contributed by atoms with E-state index in [0.29, 0.717) is 11.5 Å². The van der Waals surface area contributed by atoms with Crippen molar-refractivity contribution in [2.24, 2.45) is 0 Å². The minimum atomic E-state index is -0.578. The molecule has 0 aliphatic carbocycles. The highest BCUT2D eigenvalue weighted by Crippen LogP contribution is 2.10. The quantitative estimate of drug-likeness (QED) is 0.830. The molecule has 1 heterocycles. The van der Waals surface area contributed by atoms with Crippen molar-refractivity contribution in [1.29, 1.82) is 0 Å². The number of pyridine rings is 1. The lowest BCUT2D eigenvalue weighted by Crippen LogP contribution is -2.36. The summed E-state index contributed by atoms with van der Waals surface area (Å²) in [5.74, 6) is 6.75. The lowest BCUT2D eigenvalue weighted by atomic mass is 10.3. The van der Waals surface area contributed by atoms with Crippen LogP contribution in [0, 0.1) is 11.8 Å². The van der Waals surface area contributed by atoms with Crippen molar-refractivity contribution in [3.8, 4) is 23.3 Å². The number of carbonyl (C=O) groups excluding carboxylic acids is 1. The number of nitrogens with one attached hydrogen (secondary N) is 1. The number of para-hydroxylation sites is 1. The van der Waals surface area contributed by atoms with E-state index < -0.39 is 6.10 Å². The second-order valence-electron chi connectivity index (χ2n) is 4.62. The van der Waals surface area contributed by atoms with Crippen LogP contribution in [0.5, 0.6) is 11.5 Å². The van der Waals surface area contributed by atoms with Crippen molar-refractivity contribution in [2.45, 2.75) is 13.0 Å². The monoisotopic (exact) mass is 310 g/mol. The van der Waals surface area contributed by atoms with Crippen molar-refractivity contribution in [3.63, 3.8) is 0 Å². The Morgan fingerprint density at radius 2 is 1.96 bits per heavy atom. The lowest BCUT2D eigenvalue weighted by molar-refractivity contribution is -0.126. The third-order valence-corrected chi connectivity index (χ3v) is 2.85. The molecule has 2 rings (SSSR count). The van der Waals surface area contributed by atoms with Gasteiger partial charge in [0, 0.05) is 6.20 Å². The summed E-state index contributed by atoms with van der Waals surface area (Å²) in [5, 5.41) is 2.70. The summed E-state index contributed by atoms with van der Waals surface area (Å²) in [6, 6.07) is 12.8. The zero-order chi connectivity index (χ0) is 16.3. The largest absolute Gasteiger partial charge is 0.481 e. The molecule has 0 spiro atoms. The predicted molar refractivity (Wildman–Crippen MR) is 87.0 cm³/mol. The maximum absolute atomic E-state index is 11.9. The van der Waals surface area contributed by atoms with Crippen molar-refractivity contribution in [1.82, 2.24) is 10.3 Å². The Balaban J connectivity index is 1.65. The zero-order valence-electron chi connectivity index (χ0n) is 12.9. The van der Waals surface area contributed by atoms with Crippen LogP contribution in [0.15, 0.2) is 54.9 Å². The van der Waals surface area contributed by atoms with Gasteiger partial charge < -0.3 is 14.8 Å². The molecule has 1 aromatic carbocycles. The van der Waals surface area contributed by atoms with Crippen LogP contribution < -0.4 is 14.8 Å². The maximum atomic E-state index is 11.9. The molecule has 1 atom stereocenters. The summed E-state index contributed by atoms with van der Waals surface area (Å²) in [6.07, 6.45) is 2.71. The van der Waals surface area contributed by atoms with E-state index in [2.05, 4.69) is 22.1 Å². The summed E-state index contributed by atoms with van der Waals surface area (Å²) < 4.78 is 10.9. The number of aromatic nitrogens is 1. The summed E-state index contributed by atoms with van der Waals surface area (Å²) >= 11 is 0. The normalized spacial score (nSPS) is 10.8. The first-order chi connectivity index (χ1) is 11.3. The third kappa shape index (κ3) is 6.10. The minimum absolute atomic E-state index is 0.212. The molecule has 118 valence electrons. The van der Waals surface area contributed by atoms with Gasteiger partial charge in [-0.2, -0.15) is 0 Å². The second kappa shape index (κ2) is 9.11. The van der Waals surface area contributed by atoms with E-state index in [0.717, 1.165) is 0 Å². The Hall–Kier alpha value is -3.00. The number of hydrogen-bond acceptors (Lipinski definition) is 4. The highest BCUT2D eigenvalue weighted by atomic mass is 16.5. The predicted octanol–water partition coefficient (Wildman–Crippen LogP) is 2.05. The van der Waals surface area contributed by atoms with E-state index in [-0.39, 0.29) is 19.1 Å². The zero-order valence-corrected chi connectivity index (χ0v) is 12.9. The SMILES string of the molecule is CC(Oc1ccccc1)C(=O)NCC#CCOc1cccnc1. The number of hydrogen-bond donors (Lipinski definition) is 1. The number of nitrogens with zero attached hydrogens (tertiary/aromatic N) is 1. The molecule has 0 radical (unpaired) electrons. The highest BCUT2D eigenvalue weighted by molar-refractivity contribution is 5.80. The van der Waals surface area contributed by atoms with E-state index in [1.54, 1.807) is 43.6 Å². The molecule has 0 saturated heterocycles. The molecule has 1 aromatic heterocycles. The summed E-state index contributed by atoms with van der Waals surface area (Å²) in [4.78, 5) is 15.8. The number of carbonyl (C=O) groups is 1. The van der Waals surface area contributed by atoms with Crippen molar-refractivity contribution in [3.05, 3.63) is 54.9 Å². The van der Waals surface area contributed by atoms with Crippen LogP contribution in [-0.4, -0.2) is 30.1 Å². The molecular formula is C18H18N2O3. The van der Waals surface area contributed by atoms with Gasteiger partial charge in [-0.15, -0.1) is 0 Å². The first-order valence-electron chi connectivity index (χ1n) is 7.23. The van der Waals surface area contributed by atoms with E-state index in [4.69, 9.17) is 9.47 Å². The standard InChI is InChI=1S/C18H18N2O3/c1-15(23-16-8-3-2-4-9-16)18(21)20-12-5-6-13-22-17-10-7-11-19-14-17/h2-4,7-11,14-15H,12-13H2,1H3,(H,20,21). The molecule has 23 heavy (non-hydrogen) atoms. The van der Waals surface area contributed by atoms with Gasteiger partial charge in [0.15, 0.2) is 6.10 Å². The average Bonchev–Trinajstić information content (AvgIpc) is 2.59. The molecule has 1 N–H and O–H groups in total. The van der Waals surface area contributed by atoms with Gasteiger partial charge in [-0.05, 0) is 31.2 Å². The Labute approximate surface area is 135 Å². The second-order valence-corrected chi connectivity index (χ2v) is 4.62. The van der Waals surface area contributed by atoms with Crippen molar-refractivity contribution < 1.29 is 14.3 Å². The van der Waals surface area contributed by atoms with Crippen LogP contribution in [0.4, 0.5) is 0 Å². The van der Waals surface area contributed by atoms with Gasteiger partial charge in [-0.1, -0.05) is 30.0 Å². The first-order valence-corrected chi connectivity index (χ1v) is 7.23. The van der Waals surface area contributed by atoms with Gasteiger partial charge in [0.25, 0.3) is 5.91 Å². The van der Waals surface area contributed by atoms with Gasteiger partial charge >= 0.3 is 0 Å². The molecule has 5 heteroatoms. The molecule has 0 fully saturated rings. The Morgan fingerprint density at radius 1 is 1.17 bits per heavy atom. The van der Waals surface area contributed by atoms with Gasteiger partial charge in [0.05, 0.1) is 12.7 Å². The van der Waals surface area contributed by atoms with Crippen LogP contribution in [0.25, 0.3) is 0 Å². The summed E-state index contributed by atoms with van der Waals surface area (Å²) in [7, 11) is 0. The fraction of sp³-hybridized carbons (Fsp3) is 0.222. The Morgan fingerprint density at radius 3 is 2.70 bits per heavy atom. The van der Waals surface area contributed by atoms with Crippen LogP contribution >= 0.6 is 0 Å². The molecule has 5 nitrogen and oxygen atoms in total. The van der Waals surface area contributed by atoms with Gasteiger partial charge in [0.1, 0.15) is 18.1 Å². The number of rotatable bonds is 6. The van der Waals surface area contributed by atoms with E-state index in [1.165, 1.54) is 0 Å². The third-order valence-electron chi connectivity index (χ3n) is 2.85. The molecule has 0 aliphatic heterocycles. The van der Waals surface area contributed by atoms with Crippen molar-refractivity contribution >= 4 is 5.91 Å². The molecule has 2 aromatic rings. The fourth-order valence-electron chi connectivity index (χ4n) is 1.70. The number of amides is 1. The van der Waals surface area contributed by atoms with Crippen LogP contribution in [-0.2, 0) is 4.79 Å². The van der Waals surface area contributed by atoms with Gasteiger partial charge in [0.2, 0.25) is 0 Å². The van der Waals surface area contributed by atoms with E-state index >= 15 is 0 Å². The average molecular weight is 310 g/mol. The smallest absolute Gasteiger partial charge is 0.261 e. The molecule has 1 unspecified atom stereocenters. The van der Waals surface area contributed by atoms with Crippen molar-refractivity contribution in [2.75, 3.05) is 13.2 Å².